The number of aliphatic hydroxyl groups excluding tert-OH is 1. The van der Waals surface area contributed by atoms with Crippen LogP contribution in [0.3, 0.4) is 0 Å². The van der Waals surface area contributed by atoms with Gasteiger partial charge in [-0.3, -0.25) is 0 Å². The molecule has 6 nitrogen and oxygen atoms in total. The second kappa shape index (κ2) is 11.9. The van der Waals surface area contributed by atoms with E-state index in [1.807, 2.05) is 42.5 Å². The molecule has 31 heavy (non-hydrogen) atoms. The lowest BCUT2D eigenvalue weighted by atomic mass is 9.95. The largest absolute Gasteiger partial charge is 0.494 e. The van der Waals surface area contributed by atoms with Crippen molar-refractivity contribution >= 4 is 22.6 Å². The van der Waals surface area contributed by atoms with E-state index in [4.69, 9.17) is 25.8 Å². The Morgan fingerprint density at radius 1 is 1.23 bits per heavy atom. The van der Waals surface area contributed by atoms with E-state index in [1.54, 1.807) is 13.4 Å². The maximum atomic E-state index is 11.0. The lowest BCUT2D eigenvalue weighted by Gasteiger charge is -2.32. The third-order valence-corrected chi connectivity index (χ3v) is 6.16. The summed E-state index contributed by atoms with van der Waals surface area (Å²) in [4.78, 5) is 0. The first kappa shape index (κ1) is 24.2. The molecule has 1 fully saturated rings. The van der Waals surface area contributed by atoms with Gasteiger partial charge in [0.2, 0.25) is 0 Å². The molecule has 0 saturated carbocycles. The molecular formula is C23H30ClNO5S. The minimum atomic E-state index is -0.989. The van der Waals surface area contributed by atoms with E-state index < -0.39 is 23.4 Å². The molecule has 4 atom stereocenters. The van der Waals surface area contributed by atoms with Crippen LogP contribution in [0, 0.1) is 0 Å². The number of aliphatic hydroxyl groups is 1. The van der Waals surface area contributed by atoms with E-state index in [2.05, 4.69) is 4.72 Å². The number of halogens is 1. The van der Waals surface area contributed by atoms with Crippen LogP contribution in [-0.2, 0) is 26.9 Å². The monoisotopic (exact) mass is 467 g/mol. The van der Waals surface area contributed by atoms with E-state index in [1.165, 1.54) is 0 Å². The summed E-state index contributed by atoms with van der Waals surface area (Å²) in [7, 11) is 0.599. The molecule has 170 valence electrons. The summed E-state index contributed by atoms with van der Waals surface area (Å²) >= 11 is 6.45. The summed E-state index contributed by atoms with van der Waals surface area (Å²) < 4.78 is 30.8. The molecule has 0 radical (unpaired) electrons. The number of rotatable bonds is 10. The maximum absolute atomic E-state index is 11.0. The molecule has 0 amide bonds. The Morgan fingerprint density at radius 3 is 2.71 bits per heavy atom. The summed E-state index contributed by atoms with van der Waals surface area (Å²) in [5.41, 5.74) is 3.11. The molecule has 3 rings (SSSR count). The molecule has 0 spiro atoms. The van der Waals surface area contributed by atoms with Gasteiger partial charge < -0.3 is 19.3 Å². The number of hydrogen-bond donors (Lipinski definition) is 2. The number of methoxy groups -OCH3 is 1. The van der Waals surface area contributed by atoms with E-state index in [9.17, 15) is 9.32 Å². The quantitative estimate of drug-likeness (QED) is 0.520. The first-order chi connectivity index (χ1) is 14.9. The van der Waals surface area contributed by atoms with Crippen LogP contribution in [0.4, 0.5) is 0 Å². The zero-order chi connectivity index (χ0) is 22.2. The van der Waals surface area contributed by atoms with Gasteiger partial charge in [0.05, 0.1) is 29.8 Å². The topological polar surface area (TPSA) is 77.0 Å². The minimum absolute atomic E-state index is 0.222. The SMILES string of the molecule is COC1CC(O)CC(c2ccc(Cl)c(Cc3ccc(OCCCNS(C)=O)cc3)c2)O1. The summed E-state index contributed by atoms with van der Waals surface area (Å²) in [5.74, 6) is 0.802. The number of ether oxygens (including phenoxy) is 3. The number of nitrogens with one attached hydrogen (secondary N) is 1. The van der Waals surface area contributed by atoms with Crippen LogP contribution in [-0.4, -0.2) is 48.2 Å². The van der Waals surface area contributed by atoms with Gasteiger partial charge in [0.15, 0.2) is 6.29 Å². The fourth-order valence-electron chi connectivity index (χ4n) is 3.56. The third-order valence-electron chi connectivity index (χ3n) is 5.18. The highest BCUT2D eigenvalue weighted by Crippen LogP contribution is 2.34. The van der Waals surface area contributed by atoms with E-state index in [0.717, 1.165) is 28.9 Å². The van der Waals surface area contributed by atoms with Gasteiger partial charge in [0, 0.05) is 37.8 Å². The smallest absolute Gasteiger partial charge is 0.160 e. The lowest BCUT2D eigenvalue weighted by molar-refractivity contribution is -0.205. The van der Waals surface area contributed by atoms with Crippen molar-refractivity contribution in [1.29, 1.82) is 0 Å². The van der Waals surface area contributed by atoms with Crippen LogP contribution < -0.4 is 9.46 Å². The van der Waals surface area contributed by atoms with Crippen LogP contribution >= 0.6 is 11.6 Å². The molecular weight excluding hydrogens is 438 g/mol. The van der Waals surface area contributed by atoms with E-state index in [-0.39, 0.29) is 6.10 Å². The molecule has 1 saturated heterocycles. The lowest BCUT2D eigenvalue weighted by Crippen LogP contribution is -2.32. The molecule has 2 N–H and O–H groups in total. The van der Waals surface area contributed by atoms with Crippen molar-refractivity contribution in [3.05, 3.63) is 64.2 Å². The summed E-state index contributed by atoms with van der Waals surface area (Å²) in [5, 5.41) is 10.8. The van der Waals surface area contributed by atoms with Crippen molar-refractivity contribution in [2.75, 3.05) is 26.5 Å². The van der Waals surface area contributed by atoms with Crippen LogP contribution in [0.5, 0.6) is 5.75 Å². The Kier molecular flexibility index (Phi) is 9.31. The minimum Gasteiger partial charge on any atom is -0.494 e. The molecule has 0 aliphatic carbocycles. The van der Waals surface area contributed by atoms with Gasteiger partial charge >= 0.3 is 0 Å². The van der Waals surface area contributed by atoms with Crippen LogP contribution in [0.1, 0.15) is 42.1 Å². The van der Waals surface area contributed by atoms with Gasteiger partial charge in [-0.25, -0.2) is 8.93 Å². The average Bonchev–Trinajstić information content (AvgIpc) is 2.75. The predicted octanol–water partition coefficient (Wildman–Crippen LogP) is 3.77. The van der Waals surface area contributed by atoms with Gasteiger partial charge in [-0.1, -0.05) is 35.9 Å². The van der Waals surface area contributed by atoms with Crippen molar-refractivity contribution in [1.82, 2.24) is 4.72 Å². The second-order valence-electron chi connectivity index (χ2n) is 7.64. The zero-order valence-electron chi connectivity index (χ0n) is 17.9. The second-order valence-corrected chi connectivity index (χ2v) is 9.24. The highest BCUT2D eigenvalue weighted by atomic mass is 35.5. The van der Waals surface area contributed by atoms with Gasteiger partial charge in [-0.05, 0) is 47.7 Å². The molecule has 4 unspecified atom stereocenters. The van der Waals surface area contributed by atoms with Crippen molar-refractivity contribution in [2.24, 2.45) is 0 Å². The van der Waals surface area contributed by atoms with Gasteiger partial charge in [0.1, 0.15) is 5.75 Å². The normalized spacial score (nSPS) is 22.3. The van der Waals surface area contributed by atoms with Crippen molar-refractivity contribution < 1.29 is 23.5 Å². The molecule has 2 aromatic rings. The fourth-order valence-corrected chi connectivity index (χ4v) is 4.17. The molecule has 1 heterocycles. The Morgan fingerprint density at radius 2 is 2.00 bits per heavy atom. The summed E-state index contributed by atoms with van der Waals surface area (Å²) in [6.07, 6.45) is 3.03. The fraction of sp³-hybridized carbons (Fsp3) is 0.478. The van der Waals surface area contributed by atoms with Gasteiger partial charge in [-0.2, -0.15) is 0 Å². The summed E-state index contributed by atoms with van der Waals surface area (Å²) in [6.45, 7) is 1.22. The van der Waals surface area contributed by atoms with Gasteiger partial charge in [-0.15, -0.1) is 0 Å². The molecule has 1 aliphatic heterocycles. The average molecular weight is 468 g/mol. The Bertz CT molecular complexity index is 864. The predicted molar refractivity (Wildman–Crippen MR) is 123 cm³/mol. The maximum Gasteiger partial charge on any atom is 0.160 e. The first-order valence-electron chi connectivity index (χ1n) is 10.4. The molecule has 0 bridgehead atoms. The van der Waals surface area contributed by atoms with Crippen molar-refractivity contribution in [3.8, 4) is 5.75 Å². The molecule has 0 aromatic heterocycles. The Balaban J connectivity index is 1.59. The standard InChI is InChI=1S/C23H30ClNO5S/c1-28-23-15-19(26)14-22(30-23)17-6-9-21(24)18(13-17)12-16-4-7-20(8-5-16)29-11-3-10-25-31(2)27/h4-9,13,19,22-23,25-26H,3,10-12,14-15H2,1-2H3. The van der Waals surface area contributed by atoms with E-state index in [0.29, 0.717) is 37.4 Å². The number of hydrogen-bond acceptors (Lipinski definition) is 5. The van der Waals surface area contributed by atoms with Crippen molar-refractivity contribution in [2.45, 2.75) is 44.2 Å². The Hall–Kier alpha value is -1.48. The molecule has 2 aromatic carbocycles. The first-order valence-corrected chi connectivity index (χ1v) is 12.3. The third kappa shape index (κ3) is 7.56. The van der Waals surface area contributed by atoms with Crippen LogP contribution in [0.15, 0.2) is 42.5 Å². The van der Waals surface area contributed by atoms with Crippen LogP contribution in [0.2, 0.25) is 5.02 Å². The van der Waals surface area contributed by atoms with Gasteiger partial charge in [0.25, 0.3) is 0 Å². The Labute approximate surface area is 191 Å². The van der Waals surface area contributed by atoms with E-state index >= 15 is 0 Å². The van der Waals surface area contributed by atoms with Crippen LogP contribution in [0.25, 0.3) is 0 Å². The highest BCUT2D eigenvalue weighted by Gasteiger charge is 2.29. The summed E-state index contributed by atoms with van der Waals surface area (Å²) in [6, 6.07) is 13.8. The molecule has 1 aliphatic rings. The zero-order valence-corrected chi connectivity index (χ0v) is 19.5. The number of benzene rings is 2. The molecule has 8 heteroatoms. The highest BCUT2D eigenvalue weighted by molar-refractivity contribution is 7.82. The van der Waals surface area contributed by atoms with Crippen molar-refractivity contribution in [3.63, 3.8) is 0 Å².